The summed E-state index contributed by atoms with van der Waals surface area (Å²) in [6.07, 6.45) is 6.31. The maximum Gasteiger partial charge on any atom is 0.221 e. The molecule has 25 heavy (non-hydrogen) atoms. The summed E-state index contributed by atoms with van der Waals surface area (Å²) in [7, 11) is 3.38. The monoisotopic (exact) mass is 460 g/mol. The number of halogens is 1. The summed E-state index contributed by atoms with van der Waals surface area (Å²) in [5.41, 5.74) is 1.73. The summed E-state index contributed by atoms with van der Waals surface area (Å²) < 4.78 is 5.28. The Morgan fingerprint density at radius 1 is 1.28 bits per heavy atom. The number of hydrogen-bond donors (Lipinski definition) is 3. The van der Waals surface area contributed by atoms with Crippen LogP contribution in [-0.2, 0) is 11.3 Å². The SMILES string of the molecule is CN=C(NCc1ccc(OC)c(NC(C)=O)c1)NC1CCCCC1.I. The van der Waals surface area contributed by atoms with Gasteiger partial charge in [0.1, 0.15) is 5.75 Å². The molecule has 0 heterocycles. The molecule has 0 radical (unpaired) electrons. The molecular weight excluding hydrogens is 431 g/mol. The molecule has 1 aliphatic rings. The average molecular weight is 460 g/mol. The minimum atomic E-state index is -0.117. The second-order valence-electron chi connectivity index (χ2n) is 6.12. The van der Waals surface area contributed by atoms with Gasteiger partial charge in [-0.25, -0.2) is 0 Å². The number of carbonyl (C=O) groups is 1. The third-order valence-corrected chi connectivity index (χ3v) is 4.20. The van der Waals surface area contributed by atoms with Crippen molar-refractivity contribution in [3.63, 3.8) is 0 Å². The van der Waals surface area contributed by atoms with Gasteiger partial charge in [0.25, 0.3) is 0 Å². The van der Waals surface area contributed by atoms with Crippen LogP contribution in [0, 0.1) is 0 Å². The summed E-state index contributed by atoms with van der Waals surface area (Å²) in [6, 6.07) is 6.27. The van der Waals surface area contributed by atoms with Crippen molar-refractivity contribution in [2.45, 2.75) is 51.6 Å². The molecule has 1 saturated carbocycles. The van der Waals surface area contributed by atoms with Gasteiger partial charge in [-0.05, 0) is 30.5 Å². The van der Waals surface area contributed by atoms with Gasteiger partial charge >= 0.3 is 0 Å². The van der Waals surface area contributed by atoms with Crippen LogP contribution in [0.4, 0.5) is 5.69 Å². The maximum absolute atomic E-state index is 11.3. The Hall–Kier alpha value is -1.51. The van der Waals surface area contributed by atoms with E-state index in [1.54, 1.807) is 14.2 Å². The molecule has 0 unspecified atom stereocenters. The Morgan fingerprint density at radius 3 is 2.60 bits per heavy atom. The zero-order valence-electron chi connectivity index (χ0n) is 15.2. The molecule has 1 aromatic carbocycles. The molecule has 0 bridgehead atoms. The number of aliphatic imine (C=N–C) groups is 1. The van der Waals surface area contributed by atoms with Gasteiger partial charge in [-0.2, -0.15) is 0 Å². The molecule has 1 fully saturated rings. The number of anilines is 1. The van der Waals surface area contributed by atoms with E-state index in [4.69, 9.17) is 4.74 Å². The van der Waals surface area contributed by atoms with E-state index in [-0.39, 0.29) is 29.9 Å². The lowest BCUT2D eigenvalue weighted by atomic mass is 9.96. The van der Waals surface area contributed by atoms with E-state index in [1.807, 2.05) is 18.2 Å². The zero-order chi connectivity index (χ0) is 17.4. The number of nitrogens with zero attached hydrogens (tertiary/aromatic N) is 1. The number of amides is 1. The van der Waals surface area contributed by atoms with Crippen LogP contribution in [0.2, 0.25) is 0 Å². The molecule has 1 aliphatic carbocycles. The van der Waals surface area contributed by atoms with Crippen molar-refractivity contribution in [3.05, 3.63) is 23.8 Å². The summed E-state index contributed by atoms with van der Waals surface area (Å²) in [5.74, 6) is 1.35. The Balaban J connectivity index is 0.00000312. The highest BCUT2D eigenvalue weighted by Crippen LogP contribution is 2.25. The van der Waals surface area contributed by atoms with E-state index in [0.717, 1.165) is 11.5 Å². The van der Waals surface area contributed by atoms with Crippen LogP contribution in [0.25, 0.3) is 0 Å². The molecule has 0 atom stereocenters. The summed E-state index contributed by atoms with van der Waals surface area (Å²) in [5, 5.41) is 9.62. The fraction of sp³-hybridized carbons (Fsp3) is 0.556. The van der Waals surface area contributed by atoms with E-state index in [0.29, 0.717) is 24.0 Å². The van der Waals surface area contributed by atoms with Crippen molar-refractivity contribution in [3.8, 4) is 5.75 Å². The number of rotatable bonds is 5. The highest BCUT2D eigenvalue weighted by atomic mass is 127. The van der Waals surface area contributed by atoms with Gasteiger partial charge in [0, 0.05) is 26.6 Å². The van der Waals surface area contributed by atoms with E-state index in [1.165, 1.54) is 39.0 Å². The number of benzene rings is 1. The topological polar surface area (TPSA) is 74.8 Å². The number of methoxy groups -OCH3 is 1. The van der Waals surface area contributed by atoms with E-state index < -0.39 is 0 Å². The number of hydrogen-bond acceptors (Lipinski definition) is 3. The second kappa shape index (κ2) is 11.2. The molecule has 0 aliphatic heterocycles. The first-order valence-electron chi connectivity index (χ1n) is 8.54. The molecule has 6 nitrogen and oxygen atoms in total. The Kier molecular flexibility index (Phi) is 9.62. The van der Waals surface area contributed by atoms with Crippen molar-refractivity contribution in [1.82, 2.24) is 10.6 Å². The van der Waals surface area contributed by atoms with Crippen LogP contribution in [0.1, 0.15) is 44.6 Å². The van der Waals surface area contributed by atoms with Gasteiger partial charge in [0.05, 0.1) is 12.8 Å². The van der Waals surface area contributed by atoms with Crippen LogP contribution in [-0.4, -0.2) is 32.1 Å². The van der Waals surface area contributed by atoms with Gasteiger partial charge < -0.3 is 20.7 Å². The first-order valence-corrected chi connectivity index (χ1v) is 8.54. The predicted octanol–water partition coefficient (Wildman–Crippen LogP) is 3.27. The van der Waals surface area contributed by atoms with Crippen LogP contribution in [0.5, 0.6) is 5.75 Å². The summed E-state index contributed by atoms with van der Waals surface area (Å²) in [4.78, 5) is 15.6. The first-order chi connectivity index (χ1) is 11.6. The minimum Gasteiger partial charge on any atom is -0.495 e. The lowest BCUT2D eigenvalue weighted by molar-refractivity contribution is -0.114. The molecule has 1 aromatic rings. The smallest absolute Gasteiger partial charge is 0.221 e. The van der Waals surface area contributed by atoms with Gasteiger partial charge in [0.2, 0.25) is 5.91 Å². The van der Waals surface area contributed by atoms with Crippen molar-refractivity contribution in [2.24, 2.45) is 4.99 Å². The third kappa shape index (κ3) is 7.09. The Labute approximate surface area is 167 Å². The van der Waals surface area contributed by atoms with Crippen molar-refractivity contribution in [1.29, 1.82) is 0 Å². The molecule has 3 N–H and O–H groups in total. The van der Waals surface area contributed by atoms with Crippen molar-refractivity contribution < 1.29 is 9.53 Å². The average Bonchev–Trinajstić information content (AvgIpc) is 2.59. The van der Waals surface area contributed by atoms with E-state index >= 15 is 0 Å². The van der Waals surface area contributed by atoms with Crippen LogP contribution in [0.3, 0.4) is 0 Å². The van der Waals surface area contributed by atoms with Gasteiger partial charge in [0.15, 0.2) is 5.96 Å². The van der Waals surface area contributed by atoms with Crippen molar-refractivity contribution >= 4 is 41.5 Å². The van der Waals surface area contributed by atoms with E-state index in [2.05, 4.69) is 20.9 Å². The predicted molar refractivity (Wildman–Crippen MR) is 113 cm³/mol. The van der Waals surface area contributed by atoms with Crippen LogP contribution in [0.15, 0.2) is 23.2 Å². The lowest BCUT2D eigenvalue weighted by Crippen LogP contribution is -2.43. The van der Waals surface area contributed by atoms with Crippen molar-refractivity contribution in [2.75, 3.05) is 19.5 Å². The molecule has 2 rings (SSSR count). The molecule has 0 aromatic heterocycles. The first kappa shape index (κ1) is 21.5. The fourth-order valence-electron chi connectivity index (χ4n) is 2.97. The maximum atomic E-state index is 11.3. The van der Waals surface area contributed by atoms with Gasteiger partial charge in [-0.15, -0.1) is 24.0 Å². The van der Waals surface area contributed by atoms with Gasteiger partial charge in [-0.1, -0.05) is 25.3 Å². The van der Waals surface area contributed by atoms with Crippen LogP contribution >= 0.6 is 24.0 Å². The Morgan fingerprint density at radius 2 is 2.00 bits per heavy atom. The lowest BCUT2D eigenvalue weighted by Gasteiger charge is -2.25. The number of guanidine groups is 1. The Bertz CT molecular complexity index is 586. The number of nitrogens with one attached hydrogen (secondary N) is 3. The number of carbonyl (C=O) groups excluding carboxylic acids is 1. The minimum absolute atomic E-state index is 0. The van der Waals surface area contributed by atoms with Gasteiger partial charge in [-0.3, -0.25) is 9.79 Å². The highest BCUT2D eigenvalue weighted by Gasteiger charge is 2.14. The third-order valence-electron chi connectivity index (χ3n) is 4.20. The highest BCUT2D eigenvalue weighted by molar-refractivity contribution is 14.0. The molecule has 7 heteroatoms. The second-order valence-corrected chi connectivity index (χ2v) is 6.12. The summed E-state index contributed by atoms with van der Waals surface area (Å²) in [6.45, 7) is 2.11. The van der Waals surface area contributed by atoms with E-state index in [9.17, 15) is 4.79 Å². The standard InChI is InChI=1S/C18H28N4O2.HI/c1-13(23)21-16-11-14(9-10-17(16)24-3)12-20-18(19-2)22-15-7-5-4-6-8-15;/h9-11,15H,4-8,12H2,1-3H3,(H,21,23)(H2,19,20,22);1H. The summed E-state index contributed by atoms with van der Waals surface area (Å²) >= 11 is 0. The molecule has 1 amide bonds. The fourth-order valence-corrected chi connectivity index (χ4v) is 2.97. The zero-order valence-corrected chi connectivity index (χ0v) is 17.6. The normalized spacial score (nSPS) is 15.1. The molecule has 0 spiro atoms. The van der Waals surface area contributed by atoms with Crippen LogP contribution < -0.4 is 20.7 Å². The number of ether oxygens (including phenoxy) is 1. The quantitative estimate of drug-likeness (QED) is 0.358. The molecule has 140 valence electrons. The molecule has 0 saturated heterocycles. The largest absolute Gasteiger partial charge is 0.495 e. The molecular formula is C18H29IN4O2.